The Morgan fingerprint density at radius 1 is 1.18 bits per heavy atom. The number of ketones is 3. The SMILES string of the molecule is COc1cccc2c1C(=O)c1c(O)c3c(c(O)c1C2=O)C[C@@](O)(C(=O)CO)C[C@@H]3OC1CC([NH][Cu])C(O)C(C)O1. The summed E-state index contributed by atoms with van der Waals surface area (Å²) in [6, 6.07) is 3.74. The molecule has 218 valence electrons. The molecule has 6 atom stereocenters. The van der Waals surface area contributed by atoms with Gasteiger partial charge in [-0.2, -0.15) is 0 Å². The van der Waals surface area contributed by atoms with Crippen molar-refractivity contribution < 1.29 is 70.4 Å². The summed E-state index contributed by atoms with van der Waals surface area (Å²) in [6.45, 7) is 0.567. The normalized spacial score (nSPS) is 29.4. The Morgan fingerprint density at radius 3 is 2.52 bits per heavy atom. The van der Waals surface area contributed by atoms with Gasteiger partial charge in [-0.1, -0.05) is 12.1 Å². The first-order valence-corrected chi connectivity index (χ1v) is 13.0. The van der Waals surface area contributed by atoms with Crippen LogP contribution in [0.25, 0.3) is 0 Å². The molecule has 0 saturated carbocycles. The van der Waals surface area contributed by atoms with Gasteiger partial charge in [-0.05, 0) is 6.07 Å². The predicted octanol–water partition coefficient (Wildman–Crippen LogP) is 0.0940. The minimum absolute atomic E-state index is 0.0433. The van der Waals surface area contributed by atoms with Crippen LogP contribution in [0, 0.1) is 0 Å². The van der Waals surface area contributed by atoms with Gasteiger partial charge in [0.15, 0.2) is 0 Å². The number of carbonyl (C=O) groups excluding carboxylic acids is 3. The number of hydrogen-bond acceptors (Lipinski definition) is 12. The fraction of sp³-hybridized carbons (Fsp3) is 0.444. The number of aliphatic hydroxyl groups excluding tert-OH is 2. The molecule has 1 heterocycles. The molecule has 0 bridgehead atoms. The fourth-order valence-corrected chi connectivity index (χ4v) is 6.07. The summed E-state index contributed by atoms with van der Waals surface area (Å²) in [4.78, 5) is 39.8. The van der Waals surface area contributed by atoms with Crippen LogP contribution in [-0.2, 0) is 36.9 Å². The molecule has 5 rings (SSSR count). The number of ether oxygens (including phenoxy) is 3. The van der Waals surface area contributed by atoms with E-state index in [4.69, 9.17) is 30.4 Å². The first kappa shape index (κ1) is 28.7. The summed E-state index contributed by atoms with van der Waals surface area (Å²) in [7, 11) is 1.32. The summed E-state index contributed by atoms with van der Waals surface area (Å²) in [6.07, 6.45) is -5.10. The molecule has 0 aromatic heterocycles. The summed E-state index contributed by atoms with van der Waals surface area (Å²) in [5.74, 6) is -3.79. The first-order valence-electron chi connectivity index (χ1n) is 12.5. The molecule has 2 aromatic rings. The molecule has 2 aromatic carbocycles. The Bertz CT molecular complexity index is 1410. The van der Waals surface area contributed by atoms with Crippen LogP contribution >= 0.6 is 0 Å². The van der Waals surface area contributed by atoms with Gasteiger partial charge in [-0.3, -0.25) is 0 Å². The van der Waals surface area contributed by atoms with E-state index in [0.29, 0.717) is 0 Å². The molecule has 4 unspecified atom stereocenters. The van der Waals surface area contributed by atoms with E-state index in [2.05, 4.69) is 4.33 Å². The molecule has 0 radical (unpaired) electrons. The zero-order chi connectivity index (χ0) is 29.1. The summed E-state index contributed by atoms with van der Waals surface area (Å²) in [5.41, 5.74) is -3.65. The molecule has 0 amide bonds. The van der Waals surface area contributed by atoms with Gasteiger partial charge in [0.05, 0.1) is 7.11 Å². The van der Waals surface area contributed by atoms with Crippen LogP contribution in [0.5, 0.6) is 17.2 Å². The number of aromatic hydroxyl groups is 2. The molecule has 13 heteroatoms. The van der Waals surface area contributed by atoms with Crippen LogP contribution in [0.15, 0.2) is 18.2 Å². The molecule has 12 nitrogen and oxygen atoms in total. The molecule has 2 aliphatic carbocycles. The summed E-state index contributed by atoms with van der Waals surface area (Å²) in [5, 5.41) is 54.0. The standard InChI is InChI=1S/C27H28NO11.Cu/c1-10-22(31)13(28)6-17(38-10)39-15-8-27(36,16(30)9-29)7-12-19(15)26(35)21-20(24(12)33)23(32)11-4-3-5-14(37-2)18(11)25(21)34;/h3-5,10,13,15,17,22,28-29,31,33,35-36H,6-9H2,1-2H3;/q-1;+1/t10?,13?,15-,17?,22?,27-;/m0./s1. The van der Waals surface area contributed by atoms with E-state index < -0.39 is 95.7 Å². The maximum absolute atomic E-state index is 13.7. The van der Waals surface area contributed by atoms with Gasteiger partial charge in [0.25, 0.3) is 0 Å². The predicted molar refractivity (Wildman–Crippen MR) is 131 cm³/mol. The number of nitrogens with one attached hydrogen (secondary N) is 1. The molecule has 6 N–H and O–H groups in total. The van der Waals surface area contributed by atoms with Crippen LogP contribution in [0.4, 0.5) is 0 Å². The van der Waals surface area contributed by atoms with Crippen LogP contribution < -0.4 is 9.07 Å². The Kier molecular flexibility index (Phi) is 7.53. The molecular weight excluding hydrogens is 578 g/mol. The minimum atomic E-state index is -2.25. The van der Waals surface area contributed by atoms with E-state index in [0.717, 1.165) is 0 Å². The topological polar surface area (TPSA) is 192 Å². The zero-order valence-electron chi connectivity index (χ0n) is 21.4. The second-order valence-electron chi connectivity index (χ2n) is 10.2. The number of benzene rings is 2. The van der Waals surface area contributed by atoms with Crippen molar-refractivity contribution in [3.63, 3.8) is 0 Å². The average molecular weight is 606 g/mol. The van der Waals surface area contributed by atoms with Crippen molar-refractivity contribution in [2.24, 2.45) is 0 Å². The second-order valence-corrected chi connectivity index (χ2v) is 10.5. The van der Waals surface area contributed by atoms with Crippen molar-refractivity contribution in [3.05, 3.63) is 51.6 Å². The Balaban J connectivity index is 1.68. The van der Waals surface area contributed by atoms with Crippen LogP contribution in [0.2, 0.25) is 0 Å². The third-order valence-electron chi connectivity index (χ3n) is 7.87. The van der Waals surface area contributed by atoms with E-state index in [-0.39, 0.29) is 34.4 Å². The van der Waals surface area contributed by atoms with Crippen molar-refractivity contribution in [3.8, 4) is 17.2 Å². The molecule has 1 fully saturated rings. The fourth-order valence-electron chi connectivity index (χ4n) is 5.80. The monoisotopic (exact) mass is 605 g/mol. The van der Waals surface area contributed by atoms with Gasteiger partial charge in [0.1, 0.15) is 0 Å². The van der Waals surface area contributed by atoms with Crippen LogP contribution in [0.3, 0.4) is 0 Å². The van der Waals surface area contributed by atoms with E-state index in [1.165, 1.54) is 25.3 Å². The summed E-state index contributed by atoms with van der Waals surface area (Å²) >= 11 is 5.07. The van der Waals surface area contributed by atoms with E-state index in [1.54, 1.807) is 6.92 Å². The maximum atomic E-state index is 13.7. The Morgan fingerprint density at radius 2 is 1.88 bits per heavy atom. The van der Waals surface area contributed by atoms with Crippen LogP contribution in [-0.4, -0.2) is 86.7 Å². The molecule has 1 aliphatic heterocycles. The Hall–Kier alpha value is -2.87. The molecule has 40 heavy (non-hydrogen) atoms. The average Bonchev–Trinajstić information content (AvgIpc) is 2.94. The number of Topliss-reactive ketones (excluding diaryl/α,β-unsaturated/α-hetero) is 1. The van der Waals surface area contributed by atoms with E-state index in [1.807, 2.05) is 0 Å². The van der Waals surface area contributed by atoms with Crippen molar-refractivity contribution in [1.82, 2.24) is 4.33 Å². The number of methoxy groups -OCH3 is 1. The molecule has 1 saturated heterocycles. The Labute approximate surface area is 236 Å². The van der Waals surface area contributed by atoms with Gasteiger partial charge in [0.2, 0.25) is 0 Å². The second kappa shape index (κ2) is 10.5. The van der Waals surface area contributed by atoms with E-state index in [9.17, 15) is 39.9 Å². The van der Waals surface area contributed by atoms with E-state index >= 15 is 0 Å². The zero-order valence-corrected chi connectivity index (χ0v) is 22.4. The van der Waals surface area contributed by atoms with Crippen molar-refractivity contribution in [1.29, 1.82) is 0 Å². The van der Waals surface area contributed by atoms with Crippen LogP contribution in [0.1, 0.15) is 68.8 Å². The van der Waals surface area contributed by atoms with Gasteiger partial charge in [-0.15, -0.1) is 0 Å². The number of phenolic OH excluding ortho intramolecular Hbond substituents is 2. The first-order chi connectivity index (χ1) is 19.0. The van der Waals surface area contributed by atoms with Gasteiger partial charge in [0, 0.05) is 0 Å². The quantitative estimate of drug-likeness (QED) is 0.164. The third-order valence-corrected chi connectivity index (χ3v) is 8.22. The van der Waals surface area contributed by atoms with Crippen molar-refractivity contribution >= 4 is 17.3 Å². The number of aliphatic hydroxyl groups is 3. The molecular formula is C27H28CuNO11. The molecule has 0 spiro atoms. The van der Waals surface area contributed by atoms with Gasteiger partial charge >= 0.3 is 207 Å². The molecule has 3 aliphatic rings. The number of phenols is 2. The summed E-state index contributed by atoms with van der Waals surface area (Å²) < 4.78 is 19.6. The number of rotatable bonds is 6. The van der Waals surface area contributed by atoms with Crippen molar-refractivity contribution in [2.75, 3.05) is 13.7 Å². The van der Waals surface area contributed by atoms with Gasteiger partial charge in [-0.25, -0.2) is 0 Å². The third kappa shape index (κ3) is 4.34. The number of hydrogen-bond donors (Lipinski definition) is 6. The van der Waals surface area contributed by atoms with Gasteiger partial charge < -0.3 is 4.74 Å². The number of carbonyl (C=O) groups is 3. The number of fused-ring (bicyclic) bond motifs is 3. The van der Waals surface area contributed by atoms with Crippen molar-refractivity contribution in [2.45, 2.75) is 62.4 Å².